The van der Waals surface area contributed by atoms with Crippen LogP contribution in [0.5, 0.6) is 0 Å². The monoisotopic (exact) mass is 301 g/mol. The topological polar surface area (TPSA) is 69.4 Å². The number of pyridine rings is 1. The number of ether oxygens (including phenoxy) is 2. The molecule has 1 aromatic rings. The zero-order chi connectivity index (χ0) is 12.3. The van der Waals surface area contributed by atoms with Gasteiger partial charge < -0.3 is 20.5 Å². The predicted octanol–water partition coefficient (Wildman–Crippen LogP) is 1.64. The van der Waals surface area contributed by atoms with Crippen molar-refractivity contribution in [1.29, 1.82) is 0 Å². The third-order valence-electron chi connectivity index (χ3n) is 2.94. The van der Waals surface area contributed by atoms with E-state index < -0.39 is 0 Å². The Kier molecular flexibility index (Phi) is 3.86. The van der Waals surface area contributed by atoms with E-state index in [1.807, 2.05) is 6.07 Å². The summed E-state index contributed by atoms with van der Waals surface area (Å²) < 4.78 is 11.8. The van der Waals surface area contributed by atoms with Crippen LogP contribution in [-0.2, 0) is 9.47 Å². The van der Waals surface area contributed by atoms with Crippen LogP contribution in [0.25, 0.3) is 0 Å². The summed E-state index contributed by atoms with van der Waals surface area (Å²) >= 11 is 3.42. The highest BCUT2D eigenvalue weighted by molar-refractivity contribution is 9.10. The number of nitrogens with one attached hydrogen (secondary N) is 1. The molecular formula is C11H16BrN3O2. The van der Waals surface area contributed by atoms with Gasteiger partial charge in [0.25, 0.3) is 0 Å². The minimum atomic E-state index is -0.248. The molecule has 5 nitrogen and oxygen atoms in total. The summed E-state index contributed by atoms with van der Waals surface area (Å²) in [6.07, 6.45) is 2.51. The van der Waals surface area contributed by atoms with E-state index in [0.29, 0.717) is 18.8 Å². The molecule has 0 aliphatic carbocycles. The molecule has 0 bridgehead atoms. The molecule has 0 saturated carbocycles. The van der Waals surface area contributed by atoms with Gasteiger partial charge in [-0.05, 0) is 22.0 Å². The first kappa shape index (κ1) is 12.6. The third kappa shape index (κ3) is 2.88. The summed E-state index contributed by atoms with van der Waals surface area (Å²) in [5, 5.41) is 3.26. The Bertz CT molecular complexity index is 394. The summed E-state index contributed by atoms with van der Waals surface area (Å²) in [4.78, 5) is 4.22. The minimum absolute atomic E-state index is 0.248. The van der Waals surface area contributed by atoms with E-state index in [9.17, 15) is 0 Å². The Morgan fingerprint density at radius 3 is 3.12 bits per heavy atom. The molecule has 1 atom stereocenters. The molecule has 1 unspecified atom stereocenters. The van der Waals surface area contributed by atoms with Gasteiger partial charge in [-0.15, -0.1) is 0 Å². The van der Waals surface area contributed by atoms with Gasteiger partial charge in [-0.3, -0.25) is 0 Å². The van der Waals surface area contributed by atoms with Crippen molar-refractivity contribution in [1.82, 2.24) is 4.98 Å². The first-order valence-corrected chi connectivity index (χ1v) is 6.22. The molecule has 17 heavy (non-hydrogen) atoms. The van der Waals surface area contributed by atoms with E-state index in [1.165, 1.54) is 0 Å². The van der Waals surface area contributed by atoms with Gasteiger partial charge in [0.15, 0.2) is 0 Å². The summed E-state index contributed by atoms with van der Waals surface area (Å²) in [6, 6.07) is 1.82. The Morgan fingerprint density at radius 2 is 2.53 bits per heavy atom. The second-order valence-electron chi connectivity index (χ2n) is 4.14. The molecule has 1 aromatic heterocycles. The molecule has 0 amide bonds. The van der Waals surface area contributed by atoms with Gasteiger partial charge in [-0.2, -0.15) is 0 Å². The number of aromatic nitrogens is 1. The summed E-state index contributed by atoms with van der Waals surface area (Å²) in [5.74, 6) is 0.766. The number of nitrogens with two attached hydrogens (primary N) is 1. The highest BCUT2D eigenvalue weighted by atomic mass is 79.9. The van der Waals surface area contributed by atoms with Crippen LogP contribution in [0.1, 0.15) is 6.42 Å². The fraction of sp³-hybridized carbons (Fsp3) is 0.545. The summed E-state index contributed by atoms with van der Waals surface area (Å²) in [6.45, 7) is 2.02. The van der Waals surface area contributed by atoms with Gasteiger partial charge in [0, 0.05) is 26.7 Å². The predicted molar refractivity (Wildman–Crippen MR) is 70.0 cm³/mol. The van der Waals surface area contributed by atoms with Gasteiger partial charge in [0.05, 0.1) is 23.0 Å². The maximum atomic E-state index is 5.63. The van der Waals surface area contributed by atoms with Gasteiger partial charge in [-0.1, -0.05) is 0 Å². The molecule has 2 heterocycles. The third-order valence-corrected chi connectivity index (χ3v) is 3.54. The zero-order valence-electron chi connectivity index (χ0n) is 9.70. The van der Waals surface area contributed by atoms with Crippen LogP contribution in [0.3, 0.4) is 0 Å². The Balaban J connectivity index is 2.01. The van der Waals surface area contributed by atoms with Gasteiger partial charge >= 0.3 is 0 Å². The molecule has 0 radical (unpaired) electrons. The number of rotatable bonds is 4. The lowest BCUT2D eigenvalue weighted by Gasteiger charge is -2.26. The summed E-state index contributed by atoms with van der Waals surface area (Å²) in [7, 11) is 1.71. The molecule has 6 heteroatoms. The van der Waals surface area contributed by atoms with Gasteiger partial charge in [0.2, 0.25) is 0 Å². The molecule has 94 valence electrons. The first-order valence-electron chi connectivity index (χ1n) is 5.43. The lowest BCUT2D eigenvalue weighted by atomic mass is 10.0. The van der Waals surface area contributed by atoms with E-state index >= 15 is 0 Å². The maximum absolute atomic E-state index is 5.63. The number of hydrogen-bond donors (Lipinski definition) is 2. The van der Waals surface area contributed by atoms with E-state index in [-0.39, 0.29) is 5.60 Å². The number of nitrogens with zero attached hydrogens (tertiary/aromatic N) is 1. The second-order valence-corrected chi connectivity index (χ2v) is 5.00. The van der Waals surface area contributed by atoms with Crippen LogP contribution in [0, 0.1) is 0 Å². The van der Waals surface area contributed by atoms with Crippen LogP contribution in [0.15, 0.2) is 16.7 Å². The van der Waals surface area contributed by atoms with Crippen LogP contribution < -0.4 is 11.1 Å². The molecular weight excluding hydrogens is 286 g/mol. The van der Waals surface area contributed by atoms with E-state index in [1.54, 1.807) is 13.3 Å². The number of nitrogen functional groups attached to an aromatic ring is 1. The number of hydrogen-bond acceptors (Lipinski definition) is 5. The second kappa shape index (κ2) is 5.20. The van der Waals surface area contributed by atoms with Crippen LogP contribution in [-0.4, -0.2) is 37.5 Å². The smallest absolute Gasteiger partial charge is 0.140 e. The minimum Gasteiger partial charge on any atom is -0.397 e. The normalized spacial score (nSPS) is 23.9. The highest BCUT2D eigenvalue weighted by Gasteiger charge is 2.34. The van der Waals surface area contributed by atoms with Crippen molar-refractivity contribution in [2.75, 3.05) is 37.9 Å². The van der Waals surface area contributed by atoms with Gasteiger partial charge in [-0.25, -0.2) is 4.98 Å². The first-order chi connectivity index (χ1) is 8.15. The number of anilines is 2. The van der Waals surface area contributed by atoms with Crippen molar-refractivity contribution in [3.8, 4) is 0 Å². The maximum Gasteiger partial charge on any atom is 0.140 e. The Morgan fingerprint density at radius 1 is 1.71 bits per heavy atom. The molecule has 1 saturated heterocycles. The Labute approximate surface area is 109 Å². The average molecular weight is 302 g/mol. The lowest BCUT2D eigenvalue weighted by Crippen LogP contribution is -2.39. The summed E-state index contributed by atoms with van der Waals surface area (Å²) in [5.41, 5.74) is 6.02. The fourth-order valence-electron chi connectivity index (χ4n) is 1.79. The van der Waals surface area contributed by atoms with E-state index in [2.05, 4.69) is 26.2 Å². The molecule has 0 spiro atoms. The number of methoxy groups -OCH3 is 1. The van der Waals surface area contributed by atoms with Gasteiger partial charge in [0.1, 0.15) is 11.4 Å². The molecule has 0 aromatic carbocycles. The fourth-order valence-corrected chi connectivity index (χ4v) is 2.30. The van der Waals surface area contributed by atoms with Crippen molar-refractivity contribution in [2.45, 2.75) is 12.0 Å². The van der Waals surface area contributed by atoms with E-state index in [4.69, 9.17) is 15.2 Å². The van der Waals surface area contributed by atoms with E-state index in [0.717, 1.165) is 23.3 Å². The average Bonchev–Trinajstić information content (AvgIpc) is 2.77. The zero-order valence-corrected chi connectivity index (χ0v) is 11.3. The quantitative estimate of drug-likeness (QED) is 0.885. The molecule has 2 rings (SSSR count). The highest BCUT2D eigenvalue weighted by Crippen LogP contribution is 2.26. The van der Waals surface area contributed by atoms with Crippen molar-refractivity contribution in [3.05, 3.63) is 16.7 Å². The molecule has 3 N–H and O–H groups in total. The van der Waals surface area contributed by atoms with Crippen molar-refractivity contribution >= 4 is 27.4 Å². The van der Waals surface area contributed by atoms with Crippen LogP contribution in [0.4, 0.5) is 11.5 Å². The number of halogens is 1. The molecule has 1 aliphatic rings. The lowest BCUT2D eigenvalue weighted by molar-refractivity contribution is -0.00626. The van der Waals surface area contributed by atoms with Crippen molar-refractivity contribution in [3.63, 3.8) is 0 Å². The standard InChI is InChI=1S/C11H16BrN3O2/c1-16-11(2-3-17-7-11)6-15-10-9(12)4-8(13)5-14-10/h4-5H,2-3,6-7,13H2,1H3,(H,14,15). The van der Waals surface area contributed by atoms with Crippen molar-refractivity contribution in [2.24, 2.45) is 0 Å². The molecule has 1 fully saturated rings. The molecule has 1 aliphatic heterocycles. The SMILES string of the molecule is COC1(CNc2ncc(N)cc2Br)CCOC1. The van der Waals surface area contributed by atoms with Crippen LogP contribution in [0.2, 0.25) is 0 Å². The van der Waals surface area contributed by atoms with Crippen LogP contribution >= 0.6 is 15.9 Å². The Hall–Kier alpha value is -0.850. The van der Waals surface area contributed by atoms with Crippen molar-refractivity contribution < 1.29 is 9.47 Å². The largest absolute Gasteiger partial charge is 0.397 e.